The normalized spacial score (nSPS) is 12.5. The average molecular weight is 346 g/mol. The Balaban J connectivity index is 2.70. The molecule has 0 bridgehead atoms. The van der Waals surface area contributed by atoms with Crippen molar-refractivity contribution < 1.29 is 0 Å². The second-order valence-corrected chi connectivity index (χ2v) is 6.81. The lowest BCUT2D eigenvalue weighted by molar-refractivity contribution is 0.677. The van der Waals surface area contributed by atoms with E-state index in [4.69, 9.17) is 0 Å². The van der Waals surface area contributed by atoms with Gasteiger partial charge in [-0.3, -0.25) is 0 Å². The van der Waals surface area contributed by atoms with Crippen LogP contribution in [0.25, 0.3) is 0 Å². The smallest absolute Gasteiger partial charge is 0.0582 e. The molecule has 0 aromatic heterocycles. The summed E-state index contributed by atoms with van der Waals surface area (Å²) in [5.74, 6) is 0. The van der Waals surface area contributed by atoms with Gasteiger partial charge in [0.1, 0.15) is 0 Å². The first kappa shape index (κ1) is 16.3. The van der Waals surface area contributed by atoms with E-state index in [-0.39, 0.29) is 6.04 Å². The van der Waals surface area contributed by atoms with E-state index in [1.54, 1.807) is 0 Å². The SMILES string of the molecule is CNC(c1cc(Br)ccc1C)c1c(C)c(C)cc(C)c1C. The van der Waals surface area contributed by atoms with Crippen LogP contribution in [0, 0.1) is 34.6 Å². The van der Waals surface area contributed by atoms with Crippen molar-refractivity contribution in [1.82, 2.24) is 5.32 Å². The molecule has 0 aliphatic heterocycles. The maximum Gasteiger partial charge on any atom is 0.0582 e. The molecule has 0 aliphatic carbocycles. The van der Waals surface area contributed by atoms with Crippen LogP contribution in [-0.2, 0) is 0 Å². The minimum Gasteiger partial charge on any atom is -0.309 e. The molecule has 0 fully saturated rings. The molecule has 0 saturated carbocycles. The van der Waals surface area contributed by atoms with Gasteiger partial charge in [-0.25, -0.2) is 0 Å². The Morgan fingerprint density at radius 2 is 1.43 bits per heavy atom. The zero-order chi connectivity index (χ0) is 15.7. The lowest BCUT2D eigenvalue weighted by Crippen LogP contribution is -2.21. The summed E-state index contributed by atoms with van der Waals surface area (Å²) in [5.41, 5.74) is 9.56. The molecule has 0 aliphatic rings. The Labute approximate surface area is 136 Å². The van der Waals surface area contributed by atoms with Gasteiger partial charge in [-0.2, -0.15) is 0 Å². The van der Waals surface area contributed by atoms with Crippen LogP contribution in [0.4, 0.5) is 0 Å². The van der Waals surface area contributed by atoms with Crippen LogP contribution >= 0.6 is 15.9 Å². The lowest BCUT2D eigenvalue weighted by Gasteiger charge is -2.26. The number of benzene rings is 2. The summed E-state index contributed by atoms with van der Waals surface area (Å²) in [5, 5.41) is 3.52. The van der Waals surface area contributed by atoms with Crippen LogP contribution in [0.1, 0.15) is 45.0 Å². The van der Waals surface area contributed by atoms with Crippen molar-refractivity contribution in [2.45, 2.75) is 40.7 Å². The number of halogens is 1. The van der Waals surface area contributed by atoms with Crippen LogP contribution in [0.5, 0.6) is 0 Å². The minimum absolute atomic E-state index is 0.223. The summed E-state index contributed by atoms with van der Waals surface area (Å²) in [6.45, 7) is 11.0. The number of nitrogens with one attached hydrogen (secondary N) is 1. The molecule has 21 heavy (non-hydrogen) atoms. The highest BCUT2D eigenvalue weighted by Gasteiger charge is 2.20. The fourth-order valence-corrected chi connectivity index (χ4v) is 3.44. The van der Waals surface area contributed by atoms with E-state index in [9.17, 15) is 0 Å². The van der Waals surface area contributed by atoms with Gasteiger partial charge in [-0.15, -0.1) is 0 Å². The van der Waals surface area contributed by atoms with Crippen LogP contribution in [0.3, 0.4) is 0 Å². The van der Waals surface area contributed by atoms with Crippen molar-refractivity contribution in [2.24, 2.45) is 0 Å². The largest absolute Gasteiger partial charge is 0.309 e. The average Bonchev–Trinajstić information content (AvgIpc) is 2.44. The van der Waals surface area contributed by atoms with Crippen molar-refractivity contribution in [3.05, 3.63) is 67.7 Å². The molecule has 2 aromatic rings. The lowest BCUT2D eigenvalue weighted by atomic mass is 9.85. The van der Waals surface area contributed by atoms with Crippen LogP contribution < -0.4 is 5.32 Å². The quantitative estimate of drug-likeness (QED) is 0.795. The van der Waals surface area contributed by atoms with Gasteiger partial charge in [0.05, 0.1) is 6.04 Å². The van der Waals surface area contributed by atoms with E-state index in [0.29, 0.717) is 0 Å². The van der Waals surface area contributed by atoms with Gasteiger partial charge in [0.15, 0.2) is 0 Å². The summed E-state index contributed by atoms with van der Waals surface area (Å²) in [6.07, 6.45) is 0. The van der Waals surface area contributed by atoms with Crippen molar-refractivity contribution in [3.63, 3.8) is 0 Å². The predicted molar refractivity (Wildman–Crippen MR) is 95.2 cm³/mol. The summed E-state index contributed by atoms with van der Waals surface area (Å²) in [7, 11) is 2.04. The third kappa shape index (κ3) is 3.07. The highest BCUT2D eigenvalue weighted by Crippen LogP contribution is 2.33. The van der Waals surface area contributed by atoms with Crippen molar-refractivity contribution in [3.8, 4) is 0 Å². The molecule has 2 rings (SSSR count). The van der Waals surface area contributed by atoms with Gasteiger partial charge in [0, 0.05) is 4.47 Å². The topological polar surface area (TPSA) is 12.0 Å². The second-order valence-electron chi connectivity index (χ2n) is 5.90. The molecule has 0 amide bonds. The van der Waals surface area contributed by atoms with Crippen molar-refractivity contribution in [2.75, 3.05) is 7.05 Å². The molecule has 1 atom stereocenters. The number of hydrogen-bond acceptors (Lipinski definition) is 1. The highest BCUT2D eigenvalue weighted by atomic mass is 79.9. The summed E-state index contributed by atoms with van der Waals surface area (Å²) in [6, 6.07) is 9.02. The van der Waals surface area contributed by atoms with Crippen molar-refractivity contribution in [1.29, 1.82) is 0 Å². The Kier molecular flexibility index (Phi) is 4.90. The van der Waals surface area contributed by atoms with E-state index < -0.39 is 0 Å². The van der Waals surface area contributed by atoms with Gasteiger partial charge in [0.2, 0.25) is 0 Å². The molecule has 0 spiro atoms. The predicted octanol–water partition coefficient (Wildman–Crippen LogP) is 5.30. The summed E-state index contributed by atoms with van der Waals surface area (Å²) < 4.78 is 1.13. The molecule has 0 radical (unpaired) electrons. The van der Waals surface area contributed by atoms with Gasteiger partial charge in [0.25, 0.3) is 0 Å². The van der Waals surface area contributed by atoms with E-state index >= 15 is 0 Å². The number of rotatable bonds is 3. The zero-order valence-electron chi connectivity index (χ0n) is 13.8. The van der Waals surface area contributed by atoms with E-state index in [1.165, 1.54) is 38.9 Å². The molecular formula is C19H24BrN. The standard InChI is InChI=1S/C19H24BrN/c1-11-7-8-16(20)10-17(11)19(21-6)18-14(4)12(2)9-13(3)15(18)5/h7-10,19,21H,1-6H3. The van der Waals surface area contributed by atoms with Crippen LogP contribution in [0.2, 0.25) is 0 Å². The zero-order valence-corrected chi connectivity index (χ0v) is 15.4. The first-order chi connectivity index (χ1) is 9.86. The molecular weight excluding hydrogens is 322 g/mol. The van der Waals surface area contributed by atoms with Crippen molar-refractivity contribution >= 4 is 15.9 Å². The minimum atomic E-state index is 0.223. The fourth-order valence-electron chi connectivity index (χ4n) is 3.06. The number of hydrogen-bond donors (Lipinski definition) is 1. The van der Waals surface area contributed by atoms with Gasteiger partial charge < -0.3 is 5.32 Å². The summed E-state index contributed by atoms with van der Waals surface area (Å²) in [4.78, 5) is 0. The molecule has 2 aromatic carbocycles. The van der Waals surface area contributed by atoms with Gasteiger partial charge >= 0.3 is 0 Å². The molecule has 0 saturated heterocycles. The Morgan fingerprint density at radius 3 is 1.95 bits per heavy atom. The first-order valence-corrected chi connectivity index (χ1v) is 8.16. The molecule has 0 heterocycles. The summed E-state index contributed by atoms with van der Waals surface area (Å²) >= 11 is 3.60. The Hall–Kier alpha value is -1.12. The maximum absolute atomic E-state index is 3.60. The molecule has 1 N–H and O–H groups in total. The van der Waals surface area contributed by atoms with E-state index in [2.05, 4.69) is 80.1 Å². The number of aryl methyl sites for hydroxylation is 3. The van der Waals surface area contributed by atoms with E-state index in [1.807, 2.05) is 7.05 Å². The maximum atomic E-state index is 3.60. The third-order valence-corrected chi connectivity index (χ3v) is 5.05. The molecule has 2 heteroatoms. The molecule has 112 valence electrons. The van der Waals surface area contributed by atoms with Crippen LogP contribution in [0.15, 0.2) is 28.7 Å². The highest BCUT2D eigenvalue weighted by molar-refractivity contribution is 9.10. The Bertz CT molecular complexity index is 648. The molecule has 1 nitrogen and oxygen atoms in total. The van der Waals surface area contributed by atoms with E-state index in [0.717, 1.165) is 4.47 Å². The van der Waals surface area contributed by atoms with Gasteiger partial charge in [-0.05, 0) is 92.7 Å². The molecule has 1 unspecified atom stereocenters. The third-order valence-electron chi connectivity index (χ3n) is 4.55. The second kappa shape index (κ2) is 6.33. The Morgan fingerprint density at radius 1 is 0.857 bits per heavy atom. The first-order valence-electron chi connectivity index (χ1n) is 7.37. The van der Waals surface area contributed by atoms with Crippen LogP contribution in [-0.4, -0.2) is 7.05 Å². The fraction of sp³-hybridized carbons (Fsp3) is 0.368. The van der Waals surface area contributed by atoms with Gasteiger partial charge in [-0.1, -0.05) is 28.1 Å². The monoisotopic (exact) mass is 345 g/mol.